The Labute approximate surface area is 138 Å². The molecule has 0 saturated carbocycles. The molecule has 0 aliphatic carbocycles. The lowest BCUT2D eigenvalue weighted by molar-refractivity contribution is -0.385. The normalized spacial score (nSPS) is 11.8. The predicted molar refractivity (Wildman–Crippen MR) is 83.5 cm³/mol. The van der Waals surface area contributed by atoms with Gasteiger partial charge in [-0.15, -0.1) is 0 Å². The number of non-ortho nitro benzene ring substituents is 1. The SMILES string of the molecule is CNC(CCOc1c(Br)cc([N+](=O)[O-])cc1Br)C(=O)OC. The van der Waals surface area contributed by atoms with Crippen LogP contribution in [0.3, 0.4) is 0 Å². The van der Waals surface area contributed by atoms with Crippen molar-refractivity contribution in [1.29, 1.82) is 0 Å². The zero-order chi connectivity index (χ0) is 16.0. The second kappa shape index (κ2) is 8.30. The summed E-state index contributed by atoms with van der Waals surface area (Å²) in [4.78, 5) is 21.6. The molecule has 0 amide bonds. The highest BCUT2D eigenvalue weighted by molar-refractivity contribution is 9.11. The Hall–Kier alpha value is -1.19. The minimum atomic E-state index is -0.492. The van der Waals surface area contributed by atoms with E-state index in [1.165, 1.54) is 19.2 Å². The average Bonchev–Trinajstić information content (AvgIpc) is 2.44. The summed E-state index contributed by atoms with van der Waals surface area (Å²) in [5, 5.41) is 13.6. The zero-order valence-corrected chi connectivity index (χ0v) is 14.6. The number of halogens is 2. The van der Waals surface area contributed by atoms with Crippen LogP contribution in [0.15, 0.2) is 21.1 Å². The maximum absolute atomic E-state index is 11.4. The average molecular weight is 426 g/mol. The summed E-state index contributed by atoms with van der Waals surface area (Å²) < 4.78 is 11.1. The van der Waals surface area contributed by atoms with Crippen molar-refractivity contribution in [1.82, 2.24) is 5.32 Å². The lowest BCUT2D eigenvalue weighted by Gasteiger charge is -2.15. The number of nitro benzene ring substituents is 1. The molecular weight excluding hydrogens is 412 g/mol. The Kier molecular flexibility index (Phi) is 7.06. The predicted octanol–water partition coefficient (Wildman–Crippen LogP) is 2.65. The number of esters is 1. The molecule has 0 spiro atoms. The van der Waals surface area contributed by atoms with Crippen molar-refractivity contribution < 1.29 is 19.2 Å². The smallest absolute Gasteiger partial charge is 0.322 e. The third kappa shape index (κ3) is 4.94. The number of carbonyl (C=O) groups excluding carboxylic acids is 1. The number of rotatable bonds is 7. The summed E-state index contributed by atoms with van der Waals surface area (Å²) in [5.74, 6) is 0.0725. The molecule has 0 saturated heterocycles. The third-order valence-corrected chi connectivity index (χ3v) is 3.86. The van der Waals surface area contributed by atoms with Gasteiger partial charge in [-0.2, -0.15) is 0 Å². The van der Waals surface area contributed by atoms with Gasteiger partial charge < -0.3 is 14.8 Å². The first-order valence-corrected chi connectivity index (χ1v) is 7.50. The van der Waals surface area contributed by atoms with Gasteiger partial charge in [0.15, 0.2) is 0 Å². The summed E-state index contributed by atoms with van der Waals surface area (Å²) in [6.07, 6.45) is 0.402. The maximum atomic E-state index is 11.4. The Morgan fingerprint density at radius 3 is 2.43 bits per heavy atom. The number of hydrogen-bond donors (Lipinski definition) is 1. The maximum Gasteiger partial charge on any atom is 0.322 e. The van der Waals surface area contributed by atoms with Gasteiger partial charge in [-0.3, -0.25) is 14.9 Å². The zero-order valence-electron chi connectivity index (χ0n) is 11.4. The number of benzene rings is 1. The molecule has 21 heavy (non-hydrogen) atoms. The molecule has 1 N–H and O–H groups in total. The fraction of sp³-hybridized carbons (Fsp3) is 0.417. The molecule has 1 atom stereocenters. The van der Waals surface area contributed by atoms with Gasteiger partial charge in [0.05, 0.1) is 27.6 Å². The van der Waals surface area contributed by atoms with Crippen LogP contribution in [-0.2, 0) is 9.53 Å². The highest BCUT2D eigenvalue weighted by Gasteiger charge is 2.18. The van der Waals surface area contributed by atoms with E-state index in [1.807, 2.05) is 0 Å². The summed E-state index contributed by atoms with van der Waals surface area (Å²) in [6.45, 7) is 0.246. The Morgan fingerprint density at radius 2 is 2.00 bits per heavy atom. The Balaban J connectivity index is 2.72. The summed E-state index contributed by atoms with van der Waals surface area (Å²) >= 11 is 6.45. The number of methoxy groups -OCH3 is 1. The Morgan fingerprint density at radius 1 is 1.43 bits per heavy atom. The fourth-order valence-corrected chi connectivity index (χ4v) is 2.98. The van der Waals surface area contributed by atoms with Crippen molar-refractivity contribution in [2.45, 2.75) is 12.5 Å². The highest BCUT2D eigenvalue weighted by Crippen LogP contribution is 2.37. The second-order valence-corrected chi connectivity index (χ2v) is 5.71. The molecule has 1 rings (SSSR count). The van der Waals surface area contributed by atoms with E-state index in [4.69, 9.17) is 4.74 Å². The molecule has 0 fully saturated rings. The van der Waals surface area contributed by atoms with Crippen LogP contribution in [0.1, 0.15) is 6.42 Å². The first-order chi connectivity index (χ1) is 9.90. The van der Waals surface area contributed by atoms with E-state index in [0.717, 1.165) is 0 Å². The second-order valence-electron chi connectivity index (χ2n) is 4.00. The number of ether oxygens (including phenoxy) is 2. The van der Waals surface area contributed by atoms with Crippen molar-refractivity contribution in [2.75, 3.05) is 20.8 Å². The highest BCUT2D eigenvalue weighted by atomic mass is 79.9. The number of nitrogens with one attached hydrogen (secondary N) is 1. The van der Waals surface area contributed by atoms with Crippen molar-refractivity contribution >= 4 is 43.5 Å². The van der Waals surface area contributed by atoms with Crippen molar-refractivity contribution in [3.8, 4) is 5.75 Å². The fourth-order valence-electron chi connectivity index (χ4n) is 1.59. The molecule has 116 valence electrons. The third-order valence-electron chi connectivity index (χ3n) is 2.68. The molecule has 0 aliphatic heterocycles. The molecule has 1 aromatic rings. The van der Waals surface area contributed by atoms with Crippen molar-refractivity contribution in [2.24, 2.45) is 0 Å². The molecule has 9 heteroatoms. The van der Waals surface area contributed by atoms with E-state index in [1.54, 1.807) is 7.05 Å². The molecule has 0 radical (unpaired) electrons. The van der Waals surface area contributed by atoms with Crippen LogP contribution in [0.25, 0.3) is 0 Å². The molecule has 0 bridgehead atoms. The largest absolute Gasteiger partial charge is 0.491 e. The van der Waals surface area contributed by atoms with E-state index >= 15 is 0 Å². The lowest BCUT2D eigenvalue weighted by atomic mass is 10.2. The van der Waals surface area contributed by atoms with Crippen LogP contribution >= 0.6 is 31.9 Å². The van der Waals surface area contributed by atoms with Gasteiger partial charge in [-0.05, 0) is 38.9 Å². The van der Waals surface area contributed by atoms with Crippen molar-refractivity contribution in [3.63, 3.8) is 0 Å². The monoisotopic (exact) mass is 424 g/mol. The van der Waals surface area contributed by atoms with Crippen molar-refractivity contribution in [3.05, 3.63) is 31.2 Å². The molecule has 7 nitrogen and oxygen atoms in total. The summed E-state index contributed by atoms with van der Waals surface area (Å²) in [5.41, 5.74) is -0.0521. The van der Waals surface area contributed by atoms with Crippen LogP contribution in [0.5, 0.6) is 5.75 Å². The molecule has 0 aliphatic rings. The number of hydrogen-bond acceptors (Lipinski definition) is 6. The number of likely N-dealkylation sites (N-methyl/N-ethyl adjacent to an activating group) is 1. The van der Waals surface area contributed by atoms with Crippen LogP contribution in [0, 0.1) is 10.1 Å². The quantitative estimate of drug-likeness (QED) is 0.410. The minimum absolute atomic E-state index is 0.0521. The van der Waals surface area contributed by atoms with Gasteiger partial charge in [0.2, 0.25) is 0 Å². The Bertz CT molecular complexity index is 515. The van der Waals surface area contributed by atoms with Crippen LogP contribution in [-0.4, -0.2) is 37.7 Å². The van der Waals surface area contributed by atoms with Crippen LogP contribution in [0.2, 0.25) is 0 Å². The van der Waals surface area contributed by atoms with Gasteiger partial charge in [-0.25, -0.2) is 0 Å². The molecule has 0 aromatic heterocycles. The first kappa shape index (κ1) is 17.9. The van der Waals surface area contributed by atoms with Crippen LogP contribution in [0.4, 0.5) is 5.69 Å². The molecule has 0 heterocycles. The molecule has 1 unspecified atom stereocenters. The number of carbonyl (C=O) groups is 1. The first-order valence-electron chi connectivity index (χ1n) is 5.92. The molecular formula is C12H14Br2N2O5. The van der Waals surface area contributed by atoms with E-state index < -0.39 is 11.0 Å². The van der Waals surface area contributed by atoms with E-state index in [-0.39, 0.29) is 18.3 Å². The lowest BCUT2D eigenvalue weighted by Crippen LogP contribution is -2.36. The van der Waals surface area contributed by atoms with E-state index in [9.17, 15) is 14.9 Å². The summed E-state index contributed by atoms with van der Waals surface area (Å²) in [6, 6.07) is 2.25. The number of nitrogens with zero attached hydrogens (tertiary/aromatic N) is 1. The van der Waals surface area contributed by atoms with E-state index in [2.05, 4.69) is 41.9 Å². The topological polar surface area (TPSA) is 90.7 Å². The van der Waals surface area contributed by atoms with Gasteiger partial charge in [0.25, 0.3) is 5.69 Å². The standard InChI is InChI=1S/C12H14Br2N2O5/c1-15-10(12(17)20-2)3-4-21-11-8(13)5-7(16(18)19)6-9(11)14/h5-6,10,15H,3-4H2,1-2H3. The molecule has 1 aromatic carbocycles. The van der Waals surface area contributed by atoms with Gasteiger partial charge in [0.1, 0.15) is 11.8 Å². The summed E-state index contributed by atoms with van der Waals surface area (Å²) in [7, 11) is 2.97. The van der Waals surface area contributed by atoms with Crippen LogP contribution < -0.4 is 10.1 Å². The van der Waals surface area contributed by atoms with Gasteiger partial charge >= 0.3 is 5.97 Å². The number of nitro groups is 1. The van der Waals surface area contributed by atoms with Gasteiger partial charge in [-0.1, -0.05) is 0 Å². The van der Waals surface area contributed by atoms with Gasteiger partial charge in [0, 0.05) is 18.6 Å². The van der Waals surface area contributed by atoms with E-state index in [0.29, 0.717) is 21.1 Å². The minimum Gasteiger partial charge on any atom is -0.491 e.